The van der Waals surface area contributed by atoms with Crippen molar-refractivity contribution >= 4 is 76.8 Å². The molecule has 4 heteroatoms. The third-order valence-corrected chi connectivity index (χ3v) is 17.4. The van der Waals surface area contributed by atoms with Gasteiger partial charge in [0.15, 0.2) is 0 Å². The zero-order chi connectivity index (χ0) is 50.3. The Bertz CT molecular complexity index is 4560. The summed E-state index contributed by atoms with van der Waals surface area (Å²) in [5, 5.41) is 7.46. The SMILES string of the molecule is C1=CC2c3cc(C4(c5ccc6c(c5)c5ccccc5n6-c5ccccc5)c5cc(-n6c7ccccc7c7ccccc76)ccc5-c5ccc(-n6c7ccccc7c7ccccc76)cc54)ccc3N(c3ccccc3)C2C=C1. The van der Waals surface area contributed by atoms with Crippen molar-refractivity contribution < 1.29 is 0 Å². The zero-order valence-corrected chi connectivity index (χ0v) is 42.0. The Morgan fingerprint density at radius 3 is 1.25 bits per heavy atom. The number of rotatable bonds is 6. The van der Waals surface area contributed by atoms with Crippen molar-refractivity contribution in [2.45, 2.75) is 17.4 Å². The van der Waals surface area contributed by atoms with Crippen molar-refractivity contribution in [2.24, 2.45) is 0 Å². The first-order chi connectivity index (χ1) is 38.2. The summed E-state index contributed by atoms with van der Waals surface area (Å²) in [5.41, 5.74) is 21.1. The Labute approximate surface area is 445 Å². The van der Waals surface area contributed by atoms with Crippen LogP contribution in [-0.4, -0.2) is 19.7 Å². The van der Waals surface area contributed by atoms with Gasteiger partial charge in [-0.15, -0.1) is 0 Å². The number of para-hydroxylation sites is 7. The van der Waals surface area contributed by atoms with Crippen molar-refractivity contribution in [1.29, 1.82) is 0 Å². The summed E-state index contributed by atoms with van der Waals surface area (Å²) in [5.74, 6) is 0.159. The molecule has 11 aromatic carbocycles. The monoisotopic (exact) mass is 980 g/mol. The van der Waals surface area contributed by atoms with Crippen LogP contribution in [0.4, 0.5) is 11.4 Å². The first kappa shape index (κ1) is 42.5. The molecule has 2 aliphatic carbocycles. The Kier molecular flexibility index (Phi) is 8.85. The van der Waals surface area contributed by atoms with Gasteiger partial charge in [-0.1, -0.05) is 182 Å². The molecule has 3 aliphatic rings. The topological polar surface area (TPSA) is 18.0 Å². The summed E-state index contributed by atoms with van der Waals surface area (Å²) >= 11 is 0. The molecule has 4 nitrogen and oxygen atoms in total. The second kappa shape index (κ2) is 16.1. The third kappa shape index (κ3) is 5.82. The lowest BCUT2D eigenvalue weighted by molar-refractivity contribution is 0.738. The van der Waals surface area contributed by atoms with Gasteiger partial charge in [0.1, 0.15) is 0 Å². The fraction of sp³-hybridized carbons (Fsp3) is 0.0411. The van der Waals surface area contributed by atoms with Gasteiger partial charge in [0, 0.05) is 66.7 Å². The van der Waals surface area contributed by atoms with Crippen LogP contribution in [0.25, 0.3) is 93.6 Å². The van der Waals surface area contributed by atoms with Crippen molar-refractivity contribution in [3.8, 4) is 28.2 Å². The Hall–Kier alpha value is -9.90. The number of nitrogens with zero attached hydrogens (tertiary/aromatic N) is 4. The highest BCUT2D eigenvalue weighted by atomic mass is 15.2. The van der Waals surface area contributed by atoms with E-state index >= 15 is 0 Å². The molecule has 0 amide bonds. The molecule has 77 heavy (non-hydrogen) atoms. The molecule has 0 bridgehead atoms. The molecule has 1 aliphatic heterocycles. The van der Waals surface area contributed by atoms with Crippen LogP contribution in [0.5, 0.6) is 0 Å². The maximum Gasteiger partial charge on any atom is 0.0715 e. The van der Waals surface area contributed by atoms with E-state index in [-0.39, 0.29) is 12.0 Å². The highest BCUT2D eigenvalue weighted by molar-refractivity contribution is 6.12. The van der Waals surface area contributed by atoms with E-state index in [1.54, 1.807) is 0 Å². The van der Waals surface area contributed by atoms with Crippen LogP contribution in [-0.2, 0) is 5.41 Å². The van der Waals surface area contributed by atoms with Crippen LogP contribution < -0.4 is 4.90 Å². The third-order valence-electron chi connectivity index (χ3n) is 17.4. The number of anilines is 2. The van der Waals surface area contributed by atoms with Gasteiger partial charge in [0.25, 0.3) is 0 Å². The van der Waals surface area contributed by atoms with Gasteiger partial charge in [-0.05, 0) is 136 Å². The van der Waals surface area contributed by atoms with Gasteiger partial charge >= 0.3 is 0 Å². The number of hydrogen-bond acceptors (Lipinski definition) is 1. The fourth-order valence-electron chi connectivity index (χ4n) is 14.3. The van der Waals surface area contributed by atoms with Crippen LogP contribution in [0.15, 0.2) is 279 Å². The smallest absolute Gasteiger partial charge is 0.0715 e. The summed E-state index contributed by atoms with van der Waals surface area (Å²) in [4.78, 5) is 2.55. The van der Waals surface area contributed by atoms with Crippen molar-refractivity contribution in [2.75, 3.05) is 4.90 Å². The second-order valence-electron chi connectivity index (χ2n) is 21.1. The average molecular weight is 981 g/mol. The van der Waals surface area contributed by atoms with Gasteiger partial charge in [0.05, 0.1) is 44.6 Å². The Morgan fingerprint density at radius 2 is 0.714 bits per heavy atom. The molecule has 0 saturated carbocycles. The minimum Gasteiger partial charge on any atom is -0.333 e. The van der Waals surface area contributed by atoms with E-state index in [1.807, 2.05) is 0 Å². The molecule has 0 saturated heterocycles. The first-order valence-corrected chi connectivity index (χ1v) is 26.9. The molecule has 14 aromatic rings. The quantitative estimate of drug-likeness (QED) is 0.162. The molecule has 2 unspecified atom stereocenters. The highest BCUT2D eigenvalue weighted by Crippen LogP contribution is 2.60. The highest BCUT2D eigenvalue weighted by Gasteiger charge is 2.49. The van der Waals surface area contributed by atoms with Crippen LogP contribution in [0, 0.1) is 0 Å². The van der Waals surface area contributed by atoms with Gasteiger partial charge < -0.3 is 18.6 Å². The maximum absolute atomic E-state index is 2.59. The lowest BCUT2D eigenvalue weighted by atomic mass is 9.66. The number of benzene rings is 11. The Morgan fingerprint density at radius 1 is 0.299 bits per heavy atom. The van der Waals surface area contributed by atoms with Gasteiger partial charge in [-0.3, -0.25) is 0 Å². The number of aromatic nitrogens is 3. The largest absolute Gasteiger partial charge is 0.333 e. The van der Waals surface area contributed by atoms with E-state index in [0.29, 0.717) is 0 Å². The molecule has 17 rings (SSSR count). The molecule has 0 fully saturated rings. The van der Waals surface area contributed by atoms with Crippen LogP contribution in [0.2, 0.25) is 0 Å². The normalized spacial score (nSPS) is 16.0. The van der Waals surface area contributed by atoms with Crippen molar-refractivity contribution in [1.82, 2.24) is 13.7 Å². The van der Waals surface area contributed by atoms with E-state index in [4.69, 9.17) is 0 Å². The summed E-state index contributed by atoms with van der Waals surface area (Å²) in [7, 11) is 0. The van der Waals surface area contributed by atoms with E-state index in [1.165, 1.54) is 116 Å². The predicted molar refractivity (Wildman–Crippen MR) is 320 cm³/mol. The van der Waals surface area contributed by atoms with Gasteiger partial charge in [0.2, 0.25) is 0 Å². The van der Waals surface area contributed by atoms with Gasteiger partial charge in [-0.2, -0.15) is 0 Å². The van der Waals surface area contributed by atoms with E-state index in [9.17, 15) is 0 Å². The molecule has 3 aromatic heterocycles. The van der Waals surface area contributed by atoms with Crippen LogP contribution in [0.1, 0.15) is 33.7 Å². The lowest BCUT2D eigenvalue weighted by Crippen LogP contribution is -2.29. The molecule has 0 spiro atoms. The first-order valence-electron chi connectivity index (χ1n) is 26.9. The van der Waals surface area contributed by atoms with Crippen molar-refractivity contribution in [3.63, 3.8) is 0 Å². The maximum atomic E-state index is 2.59. The number of allylic oxidation sites excluding steroid dienone is 2. The van der Waals surface area contributed by atoms with Gasteiger partial charge in [-0.25, -0.2) is 0 Å². The number of fused-ring (bicyclic) bond motifs is 15. The average Bonchev–Trinajstić information content (AvgIpc) is 4.29. The lowest BCUT2D eigenvalue weighted by Gasteiger charge is -2.35. The standard InChI is InChI=1S/C73H48N4/c1-3-19-49(20-4-1)74-69-33-17-11-27-59(69)61-43-47(35-41-71(61)74)73(48-36-42-72-62(44-48)60-28-12-18-34-70(60)75(72)50-21-5-2-6-22-50)63-45-51(76-65-29-13-7-23-55(65)56-24-8-14-30-66(56)76)37-39-53(63)54-40-38-52(46-64(54)73)77-67-31-15-9-25-57(67)58-26-10-16-32-68(58)77/h1-46,59,69H. The Balaban J connectivity index is 1.02. The minimum atomic E-state index is -0.794. The van der Waals surface area contributed by atoms with E-state index < -0.39 is 5.41 Å². The van der Waals surface area contributed by atoms with Crippen LogP contribution in [0.3, 0.4) is 0 Å². The minimum absolute atomic E-state index is 0.149. The molecule has 4 heterocycles. The van der Waals surface area contributed by atoms with E-state index in [2.05, 4.69) is 298 Å². The fourth-order valence-corrected chi connectivity index (χ4v) is 14.3. The molecular weight excluding hydrogens is 933 g/mol. The number of hydrogen-bond donors (Lipinski definition) is 0. The molecule has 0 N–H and O–H groups in total. The summed E-state index contributed by atoms with van der Waals surface area (Å²) in [6, 6.07) is 96.0. The summed E-state index contributed by atoms with van der Waals surface area (Å²) in [6.07, 6.45) is 9.28. The molecule has 0 radical (unpaired) electrons. The molecule has 360 valence electrons. The molecular formula is C73H48N4. The zero-order valence-electron chi connectivity index (χ0n) is 42.0. The van der Waals surface area contributed by atoms with Crippen LogP contribution >= 0.6 is 0 Å². The van der Waals surface area contributed by atoms with E-state index in [0.717, 1.165) is 17.1 Å². The second-order valence-corrected chi connectivity index (χ2v) is 21.1. The molecule has 2 atom stereocenters. The summed E-state index contributed by atoms with van der Waals surface area (Å²) in [6.45, 7) is 0. The summed E-state index contributed by atoms with van der Waals surface area (Å²) < 4.78 is 7.42. The predicted octanol–water partition coefficient (Wildman–Crippen LogP) is 18.1. The van der Waals surface area contributed by atoms with Crippen molar-refractivity contribution in [3.05, 3.63) is 307 Å².